The number of hydrogen-bond acceptors (Lipinski definition) is 7. The number of ether oxygens (including phenoxy) is 3. The van der Waals surface area contributed by atoms with Crippen LogP contribution in [0, 0.1) is 11.3 Å². The fourth-order valence-corrected chi connectivity index (χ4v) is 4.60. The van der Waals surface area contributed by atoms with E-state index < -0.39 is 0 Å². The zero-order valence-corrected chi connectivity index (χ0v) is 17.1. The Morgan fingerprint density at radius 1 is 1.40 bits per heavy atom. The van der Waals surface area contributed by atoms with Gasteiger partial charge >= 0.3 is 6.09 Å². The van der Waals surface area contributed by atoms with E-state index in [9.17, 15) is 14.9 Å². The van der Waals surface area contributed by atoms with Crippen molar-refractivity contribution < 1.29 is 23.8 Å². The smallest absolute Gasteiger partial charge is 0.410 e. The van der Waals surface area contributed by atoms with Gasteiger partial charge in [0.2, 0.25) is 12.7 Å². The van der Waals surface area contributed by atoms with Gasteiger partial charge in [-0.15, -0.1) is 11.3 Å². The molecule has 2 amide bonds. The molecule has 0 radical (unpaired) electrons. The number of rotatable bonds is 4. The number of carbonyl (C=O) groups is 2. The number of nitriles is 1. The largest absolute Gasteiger partial charge is 0.454 e. The summed E-state index contributed by atoms with van der Waals surface area (Å²) in [7, 11) is 0. The van der Waals surface area contributed by atoms with Gasteiger partial charge in [-0.25, -0.2) is 4.79 Å². The summed E-state index contributed by atoms with van der Waals surface area (Å²) in [4.78, 5) is 27.0. The average molecular weight is 425 g/mol. The second-order valence-electron chi connectivity index (χ2n) is 6.59. The molecule has 1 N–H and O–H groups in total. The molecule has 4 rings (SSSR count). The van der Waals surface area contributed by atoms with Gasteiger partial charge in [0.15, 0.2) is 11.5 Å². The number of hydrogen-bond donors (Lipinski definition) is 1. The molecule has 0 atom stereocenters. The Hall–Kier alpha value is -3.51. The number of para-hydroxylation sites is 1. The van der Waals surface area contributed by atoms with Gasteiger partial charge in [-0.1, -0.05) is 12.1 Å². The number of anilines is 1. The summed E-state index contributed by atoms with van der Waals surface area (Å²) in [5.41, 5.74) is 2.07. The Morgan fingerprint density at radius 2 is 2.27 bits per heavy atom. The van der Waals surface area contributed by atoms with Crippen LogP contribution in [-0.4, -0.2) is 36.8 Å². The molecule has 2 aromatic rings. The van der Waals surface area contributed by atoms with Gasteiger partial charge < -0.3 is 24.4 Å². The number of nitrogens with one attached hydrogen (secondary N) is 1. The third-order valence-corrected chi connectivity index (χ3v) is 5.90. The predicted molar refractivity (Wildman–Crippen MR) is 110 cm³/mol. The SMILES string of the molecule is CCOC(=O)N1CCc2c(sc(NC(=O)/C=C/c3cccc4c3OCO4)c2C#N)C1. The van der Waals surface area contributed by atoms with Gasteiger partial charge in [-0.05, 0) is 31.1 Å². The zero-order valence-electron chi connectivity index (χ0n) is 16.3. The molecule has 0 unspecified atom stereocenters. The maximum atomic E-state index is 12.5. The van der Waals surface area contributed by atoms with Crippen LogP contribution in [0.4, 0.5) is 9.80 Å². The minimum absolute atomic E-state index is 0.154. The van der Waals surface area contributed by atoms with Crippen LogP contribution in [0.25, 0.3) is 6.08 Å². The summed E-state index contributed by atoms with van der Waals surface area (Å²) in [5.74, 6) is 0.884. The topological polar surface area (TPSA) is 101 Å². The highest BCUT2D eigenvalue weighted by Crippen LogP contribution is 2.37. The van der Waals surface area contributed by atoms with Gasteiger partial charge in [0.05, 0.1) is 18.7 Å². The van der Waals surface area contributed by atoms with Crippen molar-refractivity contribution in [1.29, 1.82) is 5.26 Å². The Balaban J connectivity index is 1.49. The Bertz CT molecular complexity index is 1070. The fourth-order valence-electron chi connectivity index (χ4n) is 3.38. The zero-order chi connectivity index (χ0) is 21.1. The summed E-state index contributed by atoms with van der Waals surface area (Å²) in [6, 6.07) is 7.63. The Kier molecular flexibility index (Phi) is 5.59. The van der Waals surface area contributed by atoms with E-state index >= 15 is 0 Å². The third kappa shape index (κ3) is 3.82. The molecule has 0 spiro atoms. The molecule has 2 aliphatic rings. The molecule has 3 heterocycles. The van der Waals surface area contributed by atoms with Gasteiger partial charge in [0.1, 0.15) is 11.1 Å². The van der Waals surface area contributed by atoms with E-state index in [-0.39, 0.29) is 18.8 Å². The standard InChI is InChI=1S/C21H19N3O5S/c1-2-27-21(26)24-9-8-14-15(10-22)20(30-17(14)11-24)23-18(25)7-6-13-4-3-5-16-19(13)29-12-28-16/h3-7H,2,8-9,11-12H2,1H3,(H,23,25)/b7-6+. The van der Waals surface area contributed by atoms with Crippen molar-refractivity contribution in [3.63, 3.8) is 0 Å². The molecule has 0 bridgehead atoms. The molecule has 8 nitrogen and oxygen atoms in total. The van der Waals surface area contributed by atoms with Crippen LogP contribution in [0.1, 0.15) is 28.5 Å². The number of nitrogens with zero attached hydrogens (tertiary/aromatic N) is 2. The molecular weight excluding hydrogens is 406 g/mol. The maximum absolute atomic E-state index is 12.5. The number of carbonyl (C=O) groups excluding carboxylic acids is 2. The molecule has 1 aromatic carbocycles. The van der Waals surface area contributed by atoms with Crippen molar-refractivity contribution in [3.8, 4) is 17.6 Å². The van der Waals surface area contributed by atoms with Gasteiger partial charge in [0, 0.05) is 23.1 Å². The summed E-state index contributed by atoms with van der Waals surface area (Å²) < 4.78 is 15.8. The first kappa shape index (κ1) is 19.8. The van der Waals surface area contributed by atoms with Crippen molar-refractivity contribution in [1.82, 2.24) is 4.90 Å². The van der Waals surface area contributed by atoms with Gasteiger partial charge in [0.25, 0.3) is 0 Å². The van der Waals surface area contributed by atoms with E-state index in [4.69, 9.17) is 14.2 Å². The van der Waals surface area contributed by atoms with E-state index in [1.807, 2.05) is 12.1 Å². The first-order chi connectivity index (χ1) is 14.6. The molecule has 0 fully saturated rings. The monoisotopic (exact) mass is 425 g/mol. The lowest BCUT2D eigenvalue weighted by Crippen LogP contribution is -2.35. The number of amides is 2. The van der Waals surface area contributed by atoms with Gasteiger partial charge in [-0.2, -0.15) is 5.26 Å². The van der Waals surface area contributed by atoms with Crippen LogP contribution in [-0.2, 0) is 22.5 Å². The Labute approximate surface area is 177 Å². The Morgan fingerprint density at radius 3 is 3.07 bits per heavy atom. The van der Waals surface area contributed by atoms with Crippen LogP contribution >= 0.6 is 11.3 Å². The molecule has 0 aliphatic carbocycles. The van der Waals surface area contributed by atoms with E-state index in [2.05, 4.69) is 11.4 Å². The maximum Gasteiger partial charge on any atom is 0.410 e. The first-order valence-corrected chi connectivity index (χ1v) is 10.3. The van der Waals surface area contributed by atoms with Crippen LogP contribution < -0.4 is 14.8 Å². The summed E-state index contributed by atoms with van der Waals surface area (Å²) in [6.45, 7) is 3.07. The lowest BCUT2D eigenvalue weighted by Gasteiger charge is -2.25. The van der Waals surface area contributed by atoms with Crippen molar-refractivity contribution in [3.05, 3.63) is 45.8 Å². The summed E-state index contributed by atoms with van der Waals surface area (Å²) in [6.07, 6.45) is 3.21. The highest BCUT2D eigenvalue weighted by molar-refractivity contribution is 7.16. The van der Waals surface area contributed by atoms with Crippen molar-refractivity contribution >= 4 is 34.4 Å². The van der Waals surface area contributed by atoms with Crippen LogP contribution in [0.2, 0.25) is 0 Å². The fraction of sp³-hybridized carbons (Fsp3) is 0.286. The number of fused-ring (bicyclic) bond motifs is 2. The molecule has 1 aromatic heterocycles. The van der Waals surface area contributed by atoms with E-state index in [1.165, 1.54) is 17.4 Å². The normalized spacial score (nSPS) is 14.3. The van der Waals surface area contributed by atoms with Crippen LogP contribution in [0.15, 0.2) is 24.3 Å². The highest BCUT2D eigenvalue weighted by Gasteiger charge is 2.28. The summed E-state index contributed by atoms with van der Waals surface area (Å²) in [5, 5.41) is 12.9. The number of thiophene rings is 1. The minimum atomic E-state index is -0.370. The minimum Gasteiger partial charge on any atom is -0.454 e. The van der Waals surface area contributed by atoms with Crippen molar-refractivity contribution in [2.45, 2.75) is 19.9 Å². The molecule has 0 saturated heterocycles. The van der Waals surface area contributed by atoms with Gasteiger partial charge in [-0.3, -0.25) is 4.79 Å². The van der Waals surface area contributed by atoms with E-state index in [1.54, 1.807) is 24.0 Å². The lowest BCUT2D eigenvalue weighted by molar-refractivity contribution is -0.111. The van der Waals surface area contributed by atoms with E-state index in [0.717, 1.165) is 16.0 Å². The lowest BCUT2D eigenvalue weighted by atomic mass is 10.0. The molecule has 30 heavy (non-hydrogen) atoms. The quantitative estimate of drug-likeness (QED) is 0.753. The molecule has 2 aliphatic heterocycles. The molecule has 9 heteroatoms. The predicted octanol–water partition coefficient (Wildman–Crippen LogP) is 3.51. The molecule has 154 valence electrons. The van der Waals surface area contributed by atoms with Crippen LogP contribution in [0.3, 0.4) is 0 Å². The second kappa shape index (κ2) is 8.47. The third-order valence-electron chi connectivity index (χ3n) is 4.77. The van der Waals surface area contributed by atoms with E-state index in [0.29, 0.717) is 48.2 Å². The number of benzene rings is 1. The second-order valence-corrected chi connectivity index (χ2v) is 7.70. The summed E-state index contributed by atoms with van der Waals surface area (Å²) >= 11 is 1.31. The van der Waals surface area contributed by atoms with Crippen molar-refractivity contribution in [2.75, 3.05) is 25.3 Å². The highest BCUT2D eigenvalue weighted by atomic mass is 32.1. The average Bonchev–Trinajstić information content (AvgIpc) is 3.36. The molecule has 0 saturated carbocycles. The molecular formula is C21H19N3O5S. The first-order valence-electron chi connectivity index (χ1n) is 9.44. The van der Waals surface area contributed by atoms with Crippen molar-refractivity contribution in [2.24, 2.45) is 0 Å². The van der Waals surface area contributed by atoms with Crippen LogP contribution in [0.5, 0.6) is 11.5 Å².